The van der Waals surface area contributed by atoms with Crippen LogP contribution in [0.25, 0.3) is 10.9 Å². The third-order valence-electron chi connectivity index (χ3n) is 5.15. The van der Waals surface area contributed by atoms with Crippen LogP contribution in [0.5, 0.6) is 17.2 Å². The number of H-pyrrole nitrogens is 1. The van der Waals surface area contributed by atoms with Crippen molar-refractivity contribution in [2.45, 2.75) is 85.0 Å². The number of carbonyl (C=O) groups excluding carboxylic acids is 1. The fourth-order valence-electron chi connectivity index (χ4n) is 3.47. The first-order valence-corrected chi connectivity index (χ1v) is 11.7. The third kappa shape index (κ3) is 8.27. The molecule has 2 aromatic rings. The van der Waals surface area contributed by atoms with E-state index in [1.807, 2.05) is 12.1 Å². The zero-order chi connectivity index (χ0) is 22.5. The lowest BCUT2D eigenvalue weighted by atomic mass is 10.1. The molecular formula is C25H37NO5. The molecule has 1 aromatic carbocycles. The van der Waals surface area contributed by atoms with E-state index in [-0.39, 0.29) is 5.75 Å². The molecule has 6 nitrogen and oxygen atoms in total. The quantitative estimate of drug-likeness (QED) is 0.270. The van der Waals surface area contributed by atoms with E-state index < -0.39 is 11.5 Å². The van der Waals surface area contributed by atoms with Crippen molar-refractivity contribution >= 4 is 16.9 Å². The molecule has 0 saturated heterocycles. The van der Waals surface area contributed by atoms with E-state index in [9.17, 15) is 9.59 Å². The molecule has 0 saturated carbocycles. The second-order valence-electron chi connectivity index (χ2n) is 7.94. The number of esters is 1. The largest absolute Gasteiger partial charge is 0.494 e. The van der Waals surface area contributed by atoms with Crippen molar-refractivity contribution in [3.05, 3.63) is 28.6 Å². The van der Waals surface area contributed by atoms with Crippen LogP contribution in [0.2, 0.25) is 0 Å². The second kappa shape index (κ2) is 13.7. The molecule has 0 bridgehead atoms. The fourth-order valence-corrected chi connectivity index (χ4v) is 3.47. The number of unbranched alkanes of at least 4 members (excludes halogenated alkanes) is 8. The molecule has 172 valence electrons. The number of hydrogen-bond donors (Lipinski definition) is 1. The maximum absolute atomic E-state index is 12.6. The van der Waals surface area contributed by atoms with Gasteiger partial charge in [-0.15, -0.1) is 0 Å². The molecule has 31 heavy (non-hydrogen) atoms. The van der Waals surface area contributed by atoms with Crippen LogP contribution < -0.4 is 19.8 Å². The number of aromatic amines is 1. The van der Waals surface area contributed by atoms with E-state index in [2.05, 4.69) is 18.8 Å². The lowest BCUT2D eigenvalue weighted by Gasteiger charge is -2.14. The van der Waals surface area contributed by atoms with Crippen molar-refractivity contribution in [3.8, 4) is 17.2 Å². The number of nitrogens with one attached hydrogen (secondary N) is 1. The van der Waals surface area contributed by atoms with E-state index in [4.69, 9.17) is 14.2 Å². The molecule has 1 aromatic heterocycles. The van der Waals surface area contributed by atoms with Crippen LogP contribution in [0.3, 0.4) is 0 Å². The molecule has 0 aliphatic heterocycles. The highest BCUT2D eigenvalue weighted by molar-refractivity contribution is 5.89. The Morgan fingerprint density at radius 2 is 1.45 bits per heavy atom. The Balaban J connectivity index is 2.11. The molecule has 0 radical (unpaired) electrons. The molecule has 0 spiro atoms. The van der Waals surface area contributed by atoms with Crippen LogP contribution in [0.15, 0.2) is 23.0 Å². The van der Waals surface area contributed by atoms with Gasteiger partial charge < -0.3 is 19.2 Å². The SMILES string of the molecule is CCCCCCCCOc1ccc2c(OCCCCCC)c(OC(C)=O)c(=O)[nH]c2c1. The van der Waals surface area contributed by atoms with E-state index in [1.54, 1.807) is 6.07 Å². The number of hydrogen-bond acceptors (Lipinski definition) is 5. The van der Waals surface area contributed by atoms with Crippen molar-refractivity contribution in [1.82, 2.24) is 4.98 Å². The summed E-state index contributed by atoms with van der Waals surface area (Å²) in [6.07, 6.45) is 11.4. The van der Waals surface area contributed by atoms with Gasteiger partial charge in [-0.25, -0.2) is 0 Å². The van der Waals surface area contributed by atoms with E-state index in [0.29, 0.717) is 35.6 Å². The molecule has 0 fully saturated rings. The van der Waals surface area contributed by atoms with Gasteiger partial charge >= 0.3 is 5.97 Å². The third-order valence-corrected chi connectivity index (χ3v) is 5.15. The lowest BCUT2D eigenvalue weighted by molar-refractivity contribution is -0.132. The van der Waals surface area contributed by atoms with Crippen LogP contribution in [-0.2, 0) is 4.79 Å². The molecule has 2 rings (SSSR count). The predicted molar refractivity (Wildman–Crippen MR) is 124 cm³/mol. The van der Waals surface area contributed by atoms with Gasteiger partial charge in [0.2, 0.25) is 5.75 Å². The lowest BCUT2D eigenvalue weighted by Crippen LogP contribution is -2.16. The number of aromatic nitrogens is 1. The van der Waals surface area contributed by atoms with Crippen molar-refractivity contribution in [2.75, 3.05) is 13.2 Å². The average molecular weight is 432 g/mol. The maximum Gasteiger partial charge on any atom is 0.308 e. The standard InChI is InChI=1S/C25H37NO5/c1-4-6-8-10-11-13-16-29-20-14-15-21-22(18-20)26-25(28)24(31-19(3)27)23(21)30-17-12-9-7-5-2/h14-15,18H,4-13,16-17H2,1-3H3,(H,26,28). The van der Waals surface area contributed by atoms with Crippen molar-refractivity contribution in [3.63, 3.8) is 0 Å². The first-order chi connectivity index (χ1) is 15.1. The summed E-state index contributed by atoms with van der Waals surface area (Å²) in [4.78, 5) is 26.9. The van der Waals surface area contributed by atoms with Gasteiger partial charge in [-0.1, -0.05) is 65.2 Å². The van der Waals surface area contributed by atoms with Crippen LogP contribution in [0, 0.1) is 0 Å². The number of carbonyl (C=O) groups is 1. The van der Waals surface area contributed by atoms with Gasteiger partial charge in [-0.05, 0) is 25.0 Å². The molecular weight excluding hydrogens is 394 g/mol. The van der Waals surface area contributed by atoms with Gasteiger partial charge in [0.1, 0.15) is 5.75 Å². The number of rotatable bonds is 15. The van der Waals surface area contributed by atoms with Crippen LogP contribution in [-0.4, -0.2) is 24.2 Å². The zero-order valence-electron chi connectivity index (χ0n) is 19.3. The summed E-state index contributed by atoms with van der Waals surface area (Å²) in [5.74, 6) is 0.370. The highest BCUT2D eigenvalue weighted by Crippen LogP contribution is 2.33. The topological polar surface area (TPSA) is 77.6 Å². The molecule has 0 aliphatic carbocycles. The molecule has 0 unspecified atom stereocenters. The Labute approximate surface area is 185 Å². The Hall–Kier alpha value is -2.50. The zero-order valence-corrected chi connectivity index (χ0v) is 19.3. The Bertz CT molecular complexity index is 874. The summed E-state index contributed by atoms with van der Waals surface area (Å²) in [5, 5.41) is 0.693. The van der Waals surface area contributed by atoms with Gasteiger partial charge in [0.15, 0.2) is 5.75 Å². The molecule has 0 amide bonds. The highest BCUT2D eigenvalue weighted by Gasteiger charge is 2.18. The monoisotopic (exact) mass is 431 g/mol. The van der Waals surface area contributed by atoms with E-state index in [0.717, 1.165) is 38.5 Å². The average Bonchev–Trinajstić information content (AvgIpc) is 2.74. The summed E-state index contributed by atoms with van der Waals surface area (Å²) < 4.78 is 17.0. The molecule has 1 N–H and O–H groups in total. The Morgan fingerprint density at radius 3 is 2.13 bits per heavy atom. The van der Waals surface area contributed by atoms with Gasteiger partial charge in [0.05, 0.1) is 18.7 Å². The summed E-state index contributed by atoms with van der Waals surface area (Å²) in [6.45, 7) is 6.74. The van der Waals surface area contributed by atoms with E-state index in [1.165, 1.54) is 32.6 Å². The molecule has 6 heteroatoms. The van der Waals surface area contributed by atoms with Crippen molar-refractivity contribution in [1.29, 1.82) is 0 Å². The molecule has 1 heterocycles. The normalized spacial score (nSPS) is 10.9. The first-order valence-electron chi connectivity index (χ1n) is 11.7. The van der Waals surface area contributed by atoms with Crippen LogP contribution in [0.4, 0.5) is 0 Å². The summed E-state index contributed by atoms with van der Waals surface area (Å²) in [6, 6.07) is 5.50. The minimum atomic E-state index is -0.556. The summed E-state index contributed by atoms with van der Waals surface area (Å²) in [5.41, 5.74) is 0.115. The number of fused-ring (bicyclic) bond motifs is 1. The minimum Gasteiger partial charge on any atom is -0.494 e. The van der Waals surface area contributed by atoms with Gasteiger partial charge in [0.25, 0.3) is 5.56 Å². The molecule has 0 atom stereocenters. The predicted octanol–water partition coefficient (Wildman–Crippen LogP) is 6.15. The number of benzene rings is 1. The van der Waals surface area contributed by atoms with Gasteiger partial charge in [0, 0.05) is 18.4 Å². The van der Waals surface area contributed by atoms with Crippen LogP contribution in [0.1, 0.15) is 85.0 Å². The second-order valence-corrected chi connectivity index (χ2v) is 7.94. The van der Waals surface area contributed by atoms with Crippen LogP contribution >= 0.6 is 0 Å². The minimum absolute atomic E-state index is 0.0868. The van der Waals surface area contributed by atoms with Gasteiger partial charge in [-0.3, -0.25) is 9.59 Å². The summed E-state index contributed by atoms with van der Waals surface area (Å²) in [7, 11) is 0. The first kappa shape index (κ1) is 24.8. The Morgan fingerprint density at radius 1 is 0.839 bits per heavy atom. The number of ether oxygens (including phenoxy) is 3. The fraction of sp³-hybridized carbons (Fsp3) is 0.600. The highest BCUT2D eigenvalue weighted by atomic mass is 16.6. The van der Waals surface area contributed by atoms with Crippen molar-refractivity contribution in [2.24, 2.45) is 0 Å². The molecule has 0 aliphatic rings. The van der Waals surface area contributed by atoms with Gasteiger partial charge in [-0.2, -0.15) is 0 Å². The Kier molecular flexibility index (Phi) is 11.0. The smallest absolute Gasteiger partial charge is 0.308 e. The maximum atomic E-state index is 12.6. The van der Waals surface area contributed by atoms with E-state index >= 15 is 0 Å². The number of pyridine rings is 1. The summed E-state index contributed by atoms with van der Waals surface area (Å²) >= 11 is 0. The van der Waals surface area contributed by atoms with Crippen molar-refractivity contribution < 1.29 is 19.0 Å².